The molecule has 0 atom stereocenters. The van der Waals surface area contributed by atoms with Gasteiger partial charge in [0.15, 0.2) is 10.9 Å². The number of ketones is 1. The first-order valence-corrected chi connectivity index (χ1v) is 14.8. The topological polar surface area (TPSA) is 111 Å². The molecule has 1 fully saturated rings. The summed E-state index contributed by atoms with van der Waals surface area (Å²) in [6.45, 7) is 3.63. The molecule has 0 bridgehead atoms. The van der Waals surface area contributed by atoms with E-state index in [0.717, 1.165) is 54.2 Å². The van der Waals surface area contributed by atoms with Crippen LogP contribution in [0.2, 0.25) is 0 Å². The number of nitrogens with one attached hydrogen (secondary N) is 1. The Kier molecular flexibility index (Phi) is 7.38. The van der Waals surface area contributed by atoms with Crippen molar-refractivity contribution in [2.45, 2.75) is 25.3 Å². The van der Waals surface area contributed by atoms with Crippen LogP contribution in [0.4, 0.5) is 5.13 Å². The largest absolute Gasteiger partial charge is 0.378 e. The third-order valence-electron chi connectivity index (χ3n) is 6.61. The van der Waals surface area contributed by atoms with E-state index < -0.39 is 10.0 Å². The van der Waals surface area contributed by atoms with Gasteiger partial charge in [-0.3, -0.25) is 18.5 Å². The Balaban J connectivity index is 1.16. The van der Waals surface area contributed by atoms with E-state index in [9.17, 15) is 18.0 Å². The quantitative estimate of drug-likeness (QED) is 0.414. The lowest BCUT2D eigenvalue weighted by Gasteiger charge is -2.38. The van der Waals surface area contributed by atoms with Gasteiger partial charge in [-0.15, -0.1) is 11.3 Å². The first-order valence-electron chi connectivity index (χ1n) is 12.0. The number of hydrogen-bond donors (Lipinski definition) is 1. The van der Waals surface area contributed by atoms with Crippen LogP contribution in [0.15, 0.2) is 54.2 Å². The smallest absolute Gasteiger partial charge is 0.235 e. The highest BCUT2D eigenvalue weighted by molar-refractivity contribution is 7.89. The number of carbonyl (C=O) groups excluding carboxylic acids is 2. The van der Waals surface area contributed by atoms with Gasteiger partial charge in [-0.25, -0.2) is 13.4 Å². The Bertz CT molecular complexity index is 1450. The number of Topliss-reactive ketones (excluding diaryl/α,β-unsaturated/α-hetero) is 1. The lowest BCUT2D eigenvalue weighted by molar-refractivity contribution is -0.116. The van der Waals surface area contributed by atoms with Gasteiger partial charge in [0.1, 0.15) is 0 Å². The number of carbonyl (C=O) groups is 2. The molecule has 1 N–H and O–H groups in total. The maximum Gasteiger partial charge on any atom is 0.235 e. The maximum absolute atomic E-state index is 12.4. The first kappa shape index (κ1) is 25.5. The summed E-state index contributed by atoms with van der Waals surface area (Å²) in [6, 6.07) is 10.3. The minimum atomic E-state index is -3.45. The van der Waals surface area contributed by atoms with Crippen molar-refractivity contribution in [1.82, 2.24) is 13.9 Å². The van der Waals surface area contributed by atoms with E-state index in [1.165, 1.54) is 40.9 Å². The first-order chi connectivity index (χ1) is 17.8. The summed E-state index contributed by atoms with van der Waals surface area (Å²) in [5.41, 5.74) is 4.54. The highest BCUT2D eigenvalue weighted by Gasteiger charge is 2.27. The summed E-state index contributed by atoms with van der Waals surface area (Å²) < 4.78 is 29.4. The number of amides is 1. The van der Waals surface area contributed by atoms with E-state index in [4.69, 9.17) is 4.74 Å². The molecule has 0 saturated carbocycles. The predicted octanol–water partition coefficient (Wildman–Crippen LogP) is 3.51. The zero-order valence-electron chi connectivity index (χ0n) is 20.4. The molecule has 0 spiro atoms. The zero-order chi connectivity index (χ0) is 26.0. The van der Waals surface area contributed by atoms with E-state index in [1.54, 1.807) is 0 Å². The Morgan fingerprint density at radius 2 is 2.00 bits per heavy atom. The lowest BCUT2D eigenvalue weighted by Crippen LogP contribution is -2.50. The predicted molar refractivity (Wildman–Crippen MR) is 143 cm³/mol. The van der Waals surface area contributed by atoms with Crippen molar-refractivity contribution >= 4 is 43.8 Å². The number of ether oxygens (including phenoxy) is 1. The number of hydrogen-bond acceptors (Lipinski definition) is 8. The molecule has 0 unspecified atom stereocenters. The SMILES string of the molecule is CS(=O)(=O)n1ccc(C(=O)CCC(=O)Nc2nc(-c3cccc(C4=CCN(C5COC5)CC4)c3)cs2)c1. The van der Waals surface area contributed by atoms with Gasteiger partial charge in [0.05, 0.1) is 31.2 Å². The average molecular weight is 541 g/mol. The summed E-state index contributed by atoms with van der Waals surface area (Å²) in [4.78, 5) is 31.8. The fourth-order valence-electron chi connectivity index (χ4n) is 4.36. The lowest BCUT2D eigenvalue weighted by atomic mass is 9.96. The Morgan fingerprint density at radius 3 is 2.68 bits per heavy atom. The van der Waals surface area contributed by atoms with Crippen LogP contribution in [0.25, 0.3) is 16.8 Å². The van der Waals surface area contributed by atoms with Crippen molar-refractivity contribution in [2.24, 2.45) is 0 Å². The van der Waals surface area contributed by atoms with Gasteiger partial charge in [0, 0.05) is 54.8 Å². The molecule has 2 aliphatic heterocycles. The van der Waals surface area contributed by atoms with Crippen LogP contribution in [0.5, 0.6) is 0 Å². The second-order valence-corrected chi connectivity index (χ2v) is 12.0. The number of thiazole rings is 1. The summed E-state index contributed by atoms with van der Waals surface area (Å²) in [5.74, 6) is -0.616. The summed E-state index contributed by atoms with van der Waals surface area (Å²) in [7, 11) is -3.45. The molecular weight excluding hydrogens is 512 g/mol. The molecule has 0 aliphatic carbocycles. The van der Waals surface area contributed by atoms with E-state index in [-0.39, 0.29) is 30.1 Å². The van der Waals surface area contributed by atoms with Gasteiger partial charge in [-0.1, -0.05) is 24.3 Å². The van der Waals surface area contributed by atoms with E-state index >= 15 is 0 Å². The molecule has 9 nitrogen and oxygen atoms in total. The minimum absolute atomic E-state index is 0.0224. The Hall–Kier alpha value is -3.12. The van der Waals surface area contributed by atoms with Gasteiger partial charge in [0.2, 0.25) is 15.9 Å². The molecule has 1 amide bonds. The van der Waals surface area contributed by atoms with Crippen LogP contribution in [-0.2, 0) is 19.6 Å². The molecule has 2 aromatic heterocycles. The van der Waals surface area contributed by atoms with Gasteiger partial charge in [0.25, 0.3) is 0 Å². The Labute approximate surface area is 219 Å². The number of anilines is 1. The highest BCUT2D eigenvalue weighted by Crippen LogP contribution is 2.30. The monoisotopic (exact) mass is 540 g/mol. The zero-order valence-corrected chi connectivity index (χ0v) is 22.1. The molecule has 4 heterocycles. The molecule has 11 heteroatoms. The van der Waals surface area contributed by atoms with E-state index in [0.29, 0.717) is 11.2 Å². The molecular formula is C26H28N4O5S2. The molecule has 2 aliphatic rings. The van der Waals surface area contributed by atoms with Crippen molar-refractivity contribution in [3.8, 4) is 11.3 Å². The van der Waals surface area contributed by atoms with Crippen LogP contribution in [-0.4, -0.2) is 72.6 Å². The highest BCUT2D eigenvalue weighted by atomic mass is 32.2. The van der Waals surface area contributed by atoms with Crippen LogP contribution < -0.4 is 5.32 Å². The molecule has 3 aromatic rings. The fourth-order valence-corrected chi connectivity index (χ4v) is 5.68. The molecule has 1 aromatic carbocycles. The second-order valence-electron chi connectivity index (χ2n) is 9.25. The number of aromatic nitrogens is 2. The van der Waals surface area contributed by atoms with Crippen molar-refractivity contribution in [3.63, 3.8) is 0 Å². The van der Waals surface area contributed by atoms with Crippen LogP contribution >= 0.6 is 11.3 Å². The van der Waals surface area contributed by atoms with Crippen LogP contribution in [0.1, 0.15) is 35.2 Å². The third kappa shape index (κ3) is 6.07. The third-order valence-corrected chi connectivity index (χ3v) is 8.36. The number of rotatable bonds is 9. The molecule has 37 heavy (non-hydrogen) atoms. The van der Waals surface area contributed by atoms with Gasteiger partial charge in [-0.2, -0.15) is 0 Å². The van der Waals surface area contributed by atoms with Gasteiger partial charge >= 0.3 is 0 Å². The van der Waals surface area contributed by atoms with Crippen molar-refractivity contribution in [3.05, 3.63) is 65.3 Å². The van der Waals surface area contributed by atoms with Crippen molar-refractivity contribution < 1.29 is 22.7 Å². The maximum atomic E-state index is 12.4. The molecule has 194 valence electrons. The Morgan fingerprint density at radius 1 is 1.19 bits per heavy atom. The molecule has 5 rings (SSSR count). The fraction of sp³-hybridized carbons (Fsp3) is 0.346. The summed E-state index contributed by atoms with van der Waals surface area (Å²) in [5, 5.41) is 5.13. The normalized spacial score (nSPS) is 16.7. The average Bonchev–Trinajstić information content (AvgIpc) is 3.52. The van der Waals surface area contributed by atoms with Crippen LogP contribution in [0.3, 0.4) is 0 Å². The van der Waals surface area contributed by atoms with Gasteiger partial charge in [-0.05, 0) is 29.7 Å². The van der Waals surface area contributed by atoms with Crippen molar-refractivity contribution in [1.29, 1.82) is 0 Å². The standard InChI is InChI=1S/C26H28N4O5S2/c1-37(33,34)30-12-9-21(14-30)24(31)5-6-25(32)28-26-27-23(17-36-26)20-4-2-3-19(13-20)18-7-10-29(11-8-18)22-15-35-16-22/h2-4,7,9,12-14,17,22H,5-6,8,10-11,15-16H2,1H3,(H,27,28,32). The van der Waals surface area contributed by atoms with E-state index in [1.807, 2.05) is 17.5 Å². The second kappa shape index (κ2) is 10.7. The summed E-state index contributed by atoms with van der Waals surface area (Å²) >= 11 is 1.33. The minimum Gasteiger partial charge on any atom is -0.378 e. The van der Waals surface area contributed by atoms with E-state index in [2.05, 4.69) is 33.4 Å². The summed E-state index contributed by atoms with van der Waals surface area (Å²) in [6.07, 6.45) is 6.88. The van der Waals surface area contributed by atoms with Crippen LogP contribution in [0, 0.1) is 0 Å². The van der Waals surface area contributed by atoms with Gasteiger partial charge < -0.3 is 10.1 Å². The molecule has 0 radical (unpaired) electrons. The van der Waals surface area contributed by atoms with Crippen molar-refractivity contribution in [2.75, 3.05) is 37.9 Å². The number of nitrogens with zero attached hydrogens (tertiary/aromatic N) is 3. The number of benzene rings is 1. The molecule has 1 saturated heterocycles.